The van der Waals surface area contributed by atoms with Gasteiger partial charge >= 0.3 is 5.69 Å². The van der Waals surface area contributed by atoms with Crippen molar-refractivity contribution in [3.63, 3.8) is 0 Å². The van der Waals surface area contributed by atoms with Crippen LogP contribution >= 0.6 is 8.53 Å². The zero-order valence-corrected chi connectivity index (χ0v) is 40.5. The average Bonchev–Trinajstić information content (AvgIpc) is 3.75. The highest BCUT2D eigenvalue weighted by atomic mass is 31.2. The van der Waals surface area contributed by atoms with Crippen molar-refractivity contribution in [3.8, 4) is 41.8 Å². The zero-order chi connectivity index (χ0) is 48.5. The molecule has 5 aromatic rings. The van der Waals surface area contributed by atoms with Gasteiger partial charge in [0.2, 0.25) is 0 Å². The summed E-state index contributed by atoms with van der Waals surface area (Å²) in [5.74, 6) is 9.97. The molecule has 0 radical (unpaired) electrons. The summed E-state index contributed by atoms with van der Waals surface area (Å²) >= 11 is 0. The SMILES string of the molecule is C#CCCCCC#Cc1cn(C2CC(OP(OCCC#N)N(C(C)C)C(C)C)C(COC(c3ccccc3)(c3ccc(OC)cc3)c3ccc(OC)cc3)O2)c(=O)nc1NC(=O)c1ccccc1. The normalized spacial score (nSPS) is 16.1. The second kappa shape index (κ2) is 25.2. The highest BCUT2D eigenvalue weighted by Gasteiger charge is 2.45. The zero-order valence-electron chi connectivity index (χ0n) is 39.6. The van der Waals surface area contributed by atoms with Crippen molar-refractivity contribution in [2.45, 2.75) is 102 Å². The Balaban J connectivity index is 1.45. The predicted molar refractivity (Wildman–Crippen MR) is 264 cm³/mol. The lowest BCUT2D eigenvalue weighted by Crippen LogP contribution is -2.39. The first kappa shape index (κ1) is 51.1. The lowest BCUT2D eigenvalue weighted by Gasteiger charge is -2.39. The smallest absolute Gasteiger partial charge is 0.351 e. The van der Waals surface area contributed by atoms with Gasteiger partial charge in [-0.25, -0.2) is 9.46 Å². The van der Waals surface area contributed by atoms with Crippen molar-refractivity contribution < 1.29 is 32.8 Å². The molecule has 68 heavy (non-hydrogen) atoms. The van der Waals surface area contributed by atoms with E-state index in [-0.39, 0.29) is 44.0 Å². The molecule has 0 aliphatic carbocycles. The summed E-state index contributed by atoms with van der Waals surface area (Å²) in [5, 5.41) is 12.3. The lowest BCUT2D eigenvalue weighted by atomic mass is 9.80. The van der Waals surface area contributed by atoms with E-state index < -0.39 is 44.2 Å². The van der Waals surface area contributed by atoms with Crippen molar-refractivity contribution in [1.82, 2.24) is 14.2 Å². The Hall–Kier alpha value is -6.33. The summed E-state index contributed by atoms with van der Waals surface area (Å²) < 4.78 is 42.4. The number of methoxy groups -OCH3 is 2. The summed E-state index contributed by atoms with van der Waals surface area (Å²) in [6, 6.07) is 36.3. The van der Waals surface area contributed by atoms with E-state index in [9.17, 15) is 14.9 Å². The fraction of sp³-hybridized carbons (Fsp3) is 0.370. The van der Waals surface area contributed by atoms with Gasteiger partial charge < -0.3 is 33.3 Å². The molecule has 0 saturated carbocycles. The number of carbonyl (C=O) groups is 1. The number of benzene rings is 4. The molecule has 1 aliphatic rings. The van der Waals surface area contributed by atoms with Crippen LogP contribution < -0.4 is 20.5 Å². The summed E-state index contributed by atoms with van der Waals surface area (Å²) in [7, 11) is 1.49. The maximum Gasteiger partial charge on any atom is 0.351 e. The van der Waals surface area contributed by atoms with E-state index >= 15 is 0 Å². The number of nitrogens with zero attached hydrogens (tertiary/aromatic N) is 4. The van der Waals surface area contributed by atoms with Crippen LogP contribution in [0.3, 0.4) is 0 Å². The van der Waals surface area contributed by atoms with E-state index in [0.717, 1.165) is 29.5 Å². The Labute approximate surface area is 401 Å². The average molecular weight is 938 g/mol. The molecule has 0 spiro atoms. The minimum atomic E-state index is -1.75. The van der Waals surface area contributed by atoms with Crippen LogP contribution in [0.2, 0.25) is 0 Å². The molecule has 1 N–H and O–H groups in total. The molecule has 2 heterocycles. The van der Waals surface area contributed by atoms with Crippen LogP contribution in [0.1, 0.15) is 105 Å². The van der Waals surface area contributed by atoms with Crippen LogP contribution in [0, 0.1) is 35.5 Å². The third-order valence-corrected chi connectivity index (χ3v) is 13.5. The Morgan fingerprint density at radius 3 is 2.04 bits per heavy atom. The van der Waals surface area contributed by atoms with Gasteiger partial charge in [0.25, 0.3) is 14.4 Å². The van der Waals surface area contributed by atoms with E-state index in [2.05, 4.69) is 66.5 Å². The molecule has 0 bridgehead atoms. The molecule has 1 aliphatic heterocycles. The number of carbonyl (C=O) groups excluding carboxylic acids is 1. The van der Waals surface area contributed by atoms with Crippen LogP contribution in [-0.2, 0) is 24.1 Å². The summed E-state index contributed by atoms with van der Waals surface area (Å²) in [6.07, 6.45) is 7.83. The molecule has 14 heteroatoms. The van der Waals surface area contributed by atoms with Gasteiger partial charge in [0.1, 0.15) is 29.4 Å². The maximum absolute atomic E-state index is 14.2. The second-order valence-electron chi connectivity index (χ2n) is 16.6. The summed E-state index contributed by atoms with van der Waals surface area (Å²) in [4.78, 5) is 32.0. The van der Waals surface area contributed by atoms with Crippen molar-refractivity contribution in [3.05, 3.63) is 154 Å². The Bertz CT molecular complexity index is 2550. The van der Waals surface area contributed by atoms with E-state index in [1.165, 1.54) is 4.57 Å². The van der Waals surface area contributed by atoms with Crippen molar-refractivity contribution in [2.24, 2.45) is 0 Å². The first-order valence-corrected chi connectivity index (χ1v) is 24.0. The molecular weight excluding hydrogens is 878 g/mol. The third kappa shape index (κ3) is 12.8. The number of nitrogens with one attached hydrogen (secondary N) is 1. The molecule has 6 rings (SSSR count). The molecule has 4 atom stereocenters. The summed E-state index contributed by atoms with van der Waals surface area (Å²) in [5.41, 5.74) is 1.38. The van der Waals surface area contributed by atoms with Crippen molar-refractivity contribution >= 4 is 20.3 Å². The van der Waals surface area contributed by atoms with E-state index in [4.69, 9.17) is 34.4 Å². The summed E-state index contributed by atoms with van der Waals surface area (Å²) in [6.45, 7) is 8.42. The van der Waals surface area contributed by atoms with Gasteiger partial charge in [-0.05, 0) is 93.6 Å². The monoisotopic (exact) mass is 937 g/mol. The van der Waals surface area contributed by atoms with Gasteiger partial charge in [-0.1, -0.05) is 84.6 Å². The van der Waals surface area contributed by atoms with Crippen LogP contribution in [0.15, 0.2) is 120 Å². The molecule has 1 amide bonds. The Morgan fingerprint density at radius 1 is 0.882 bits per heavy atom. The van der Waals surface area contributed by atoms with Crippen LogP contribution in [-0.4, -0.2) is 71.9 Å². The number of anilines is 1. The maximum atomic E-state index is 14.2. The lowest BCUT2D eigenvalue weighted by molar-refractivity contribution is -0.0925. The van der Waals surface area contributed by atoms with Crippen molar-refractivity contribution in [1.29, 1.82) is 5.26 Å². The topological polar surface area (TPSA) is 146 Å². The Kier molecular flexibility index (Phi) is 18.9. The molecule has 4 aromatic carbocycles. The number of unbranched alkanes of at least 4 members (excludes halogenated alkanes) is 3. The number of terminal acetylenes is 1. The van der Waals surface area contributed by atoms with E-state index in [1.54, 1.807) is 44.7 Å². The fourth-order valence-corrected chi connectivity index (χ4v) is 9.81. The quantitative estimate of drug-likeness (QED) is 0.0306. The minimum absolute atomic E-state index is 0.0173. The predicted octanol–water partition coefficient (Wildman–Crippen LogP) is 10.0. The molecule has 354 valence electrons. The van der Waals surface area contributed by atoms with Gasteiger partial charge in [0, 0.05) is 43.1 Å². The van der Waals surface area contributed by atoms with E-state index in [0.29, 0.717) is 35.5 Å². The molecule has 1 fully saturated rings. The second-order valence-corrected chi connectivity index (χ2v) is 18.0. The number of amides is 1. The standard InChI is InChI=1S/C54H60N5O8P/c1-8-9-10-11-12-15-23-42-37-58(53(61)57-51(42)56-52(60)41-21-16-13-17-22-41)50-36-48(67-68(65-35-20-34-55)59(39(2)3)40(4)5)49(66-50)38-64-54(43-24-18-14-19-25-43,44-26-30-46(62-6)31-27-44)45-28-32-47(63-7)33-29-45/h1,13-14,16-19,21-22,24-33,37,39-40,48-50H,9-12,20,35-36,38H2,2-7H3,(H,56,57,60,61). The third-order valence-electron chi connectivity index (χ3n) is 11.3. The van der Waals surface area contributed by atoms with Gasteiger partial charge in [0.15, 0.2) is 5.82 Å². The molecule has 1 saturated heterocycles. The number of rotatable bonds is 22. The largest absolute Gasteiger partial charge is 0.497 e. The number of aromatic nitrogens is 2. The number of hydrogen-bond acceptors (Lipinski definition) is 11. The molecule has 13 nitrogen and oxygen atoms in total. The first-order valence-electron chi connectivity index (χ1n) is 22.8. The van der Waals surface area contributed by atoms with Crippen LogP contribution in [0.4, 0.5) is 5.82 Å². The van der Waals surface area contributed by atoms with Crippen LogP contribution in [0.25, 0.3) is 0 Å². The molecule has 4 unspecified atom stereocenters. The highest BCUT2D eigenvalue weighted by molar-refractivity contribution is 7.44. The first-order chi connectivity index (χ1) is 33.0. The molecule has 1 aromatic heterocycles. The van der Waals surface area contributed by atoms with Crippen LogP contribution in [0.5, 0.6) is 11.5 Å². The fourth-order valence-electron chi connectivity index (χ4n) is 8.05. The highest BCUT2D eigenvalue weighted by Crippen LogP contribution is 2.51. The number of hydrogen-bond donors (Lipinski definition) is 1. The molecular formula is C54H60N5O8P. The van der Waals surface area contributed by atoms with E-state index in [1.807, 2.05) is 84.9 Å². The van der Waals surface area contributed by atoms with Gasteiger partial charge in [-0.3, -0.25) is 9.36 Å². The van der Waals surface area contributed by atoms with Gasteiger partial charge in [0.05, 0.1) is 51.6 Å². The number of nitriles is 1. The van der Waals surface area contributed by atoms with Gasteiger partial charge in [-0.15, -0.1) is 12.3 Å². The Morgan fingerprint density at radius 2 is 1.47 bits per heavy atom. The van der Waals surface area contributed by atoms with Crippen molar-refractivity contribution in [2.75, 3.05) is 32.8 Å². The van der Waals surface area contributed by atoms with Gasteiger partial charge in [-0.2, -0.15) is 10.2 Å². The minimum Gasteiger partial charge on any atom is -0.497 e. The number of ether oxygens (including phenoxy) is 4.